The first-order valence-corrected chi connectivity index (χ1v) is 30.6. The molecule has 82 heavy (non-hydrogen) atoms. The third-order valence-electron chi connectivity index (χ3n) is 20.8. The Bertz CT molecular complexity index is 3890. The third-order valence-corrected chi connectivity index (χ3v) is 20.8. The molecule has 0 spiro atoms. The van der Waals surface area contributed by atoms with Gasteiger partial charge in [0.1, 0.15) is 0 Å². The minimum absolute atomic E-state index is 0.00822. The molecule has 0 unspecified atom stereocenters. The lowest BCUT2D eigenvalue weighted by Gasteiger charge is -2.48. The van der Waals surface area contributed by atoms with Crippen LogP contribution >= 0.6 is 0 Å². The quantitative estimate of drug-likeness (QED) is 0.133. The molecule has 2 aliphatic carbocycles. The van der Waals surface area contributed by atoms with Crippen molar-refractivity contribution in [2.24, 2.45) is 0 Å². The number of rotatable bonds is 9. The zero-order valence-electron chi connectivity index (χ0n) is 51.4. The maximum Gasteiger partial charge on any atom is 0.252 e. The van der Waals surface area contributed by atoms with Crippen molar-refractivity contribution in [2.75, 3.05) is 9.80 Å². The van der Waals surface area contributed by atoms with E-state index in [2.05, 4.69) is 301 Å². The van der Waals surface area contributed by atoms with Gasteiger partial charge in [0.25, 0.3) is 6.71 Å². The van der Waals surface area contributed by atoms with Crippen molar-refractivity contribution in [3.63, 3.8) is 0 Å². The van der Waals surface area contributed by atoms with Crippen LogP contribution < -0.4 is 26.2 Å². The lowest BCUT2D eigenvalue weighted by molar-refractivity contribution is 0.332. The Morgan fingerprint density at radius 1 is 0.378 bits per heavy atom. The lowest BCUT2D eigenvalue weighted by atomic mass is 9.33. The molecule has 9 aromatic rings. The molecule has 2 nitrogen and oxygen atoms in total. The summed E-state index contributed by atoms with van der Waals surface area (Å²) in [6.45, 7) is 34.3. The van der Waals surface area contributed by atoms with E-state index < -0.39 is 0 Å². The normalized spacial score (nSPS) is 17.1. The van der Waals surface area contributed by atoms with Crippen LogP contribution in [-0.2, 0) is 32.5 Å². The topological polar surface area (TPSA) is 6.48 Å². The summed E-state index contributed by atoms with van der Waals surface area (Å²) in [5.41, 5.74) is 28.5. The number of hydrogen-bond acceptors (Lipinski definition) is 2. The second-order valence-corrected chi connectivity index (χ2v) is 28.9. The van der Waals surface area contributed by atoms with Gasteiger partial charge >= 0.3 is 0 Å². The summed E-state index contributed by atoms with van der Waals surface area (Å²) in [6.07, 6.45) is 4.65. The zero-order chi connectivity index (χ0) is 57.5. The minimum atomic E-state index is -0.314. The highest BCUT2D eigenvalue weighted by atomic mass is 15.2. The SMILES string of the molecule is CC(C)c1cc2c3c(c1)N(c1c(-c4ccccc4)cc(C(C)(C)c4ccccc4)cc1-c1ccccc1)c1cc(C(C)(C)c4ccccc4)ccc1B3c1cc3c(cc1N2c1ccc2c(c1)C(C)(C)CCC2(C)C)C(C)(C)CCC3(C)C. The van der Waals surface area contributed by atoms with Crippen molar-refractivity contribution in [3.05, 3.63) is 244 Å². The van der Waals surface area contributed by atoms with Crippen LogP contribution in [0.1, 0.15) is 179 Å². The smallest absolute Gasteiger partial charge is 0.252 e. The molecule has 0 N–H and O–H groups in total. The van der Waals surface area contributed by atoms with Crippen LogP contribution in [0.15, 0.2) is 194 Å². The molecule has 0 bridgehead atoms. The fourth-order valence-electron chi connectivity index (χ4n) is 15.0. The molecular weight excluding hydrogens is 988 g/mol. The predicted octanol–water partition coefficient (Wildman–Crippen LogP) is 19.6. The molecule has 9 aromatic carbocycles. The number of nitrogens with zero attached hydrogens (tertiary/aromatic N) is 2. The van der Waals surface area contributed by atoms with E-state index in [4.69, 9.17) is 0 Å². The Labute approximate surface area is 491 Å². The van der Waals surface area contributed by atoms with Crippen molar-refractivity contribution in [1.82, 2.24) is 0 Å². The van der Waals surface area contributed by atoms with Crippen LogP contribution in [0.5, 0.6) is 0 Å². The summed E-state index contributed by atoms with van der Waals surface area (Å²) in [7, 11) is 0. The molecule has 0 saturated heterocycles. The molecule has 13 rings (SSSR count). The highest BCUT2D eigenvalue weighted by molar-refractivity contribution is 7.00. The Morgan fingerprint density at radius 3 is 1.33 bits per heavy atom. The van der Waals surface area contributed by atoms with E-state index in [0.717, 1.165) is 19.3 Å². The summed E-state index contributed by atoms with van der Waals surface area (Å²) >= 11 is 0. The number of fused-ring (bicyclic) bond motifs is 6. The third kappa shape index (κ3) is 8.57. The average Bonchev–Trinajstić information content (AvgIpc) is 1.29. The molecule has 0 saturated carbocycles. The van der Waals surface area contributed by atoms with Crippen molar-refractivity contribution >= 4 is 57.2 Å². The second-order valence-electron chi connectivity index (χ2n) is 28.9. The highest BCUT2D eigenvalue weighted by Gasteiger charge is 2.48. The van der Waals surface area contributed by atoms with Gasteiger partial charge in [-0.25, -0.2) is 0 Å². The Morgan fingerprint density at radius 2 is 0.817 bits per heavy atom. The number of benzene rings is 9. The molecule has 412 valence electrons. The van der Waals surface area contributed by atoms with E-state index in [-0.39, 0.29) is 45.1 Å². The maximum atomic E-state index is 2.76. The van der Waals surface area contributed by atoms with Gasteiger partial charge in [-0.2, -0.15) is 0 Å². The first-order valence-electron chi connectivity index (χ1n) is 30.6. The zero-order valence-corrected chi connectivity index (χ0v) is 51.4. The molecule has 0 fully saturated rings. The Balaban J connectivity index is 1.20. The first kappa shape index (κ1) is 53.9. The molecule has 3 heteroatoms. The molecule has 0 atom stereocenters. The van der Waals surface area contributed by atoms with Crippen molar-refractivity contribution < 1.29 is 0 Å². The summed E-state index contributed by atoms with van der Waals surface area (Å²) in [4.78, 5) is 5.50. The van der Waals surface area contributed by atoms with Gasteiger partial charge in [-0.05, 0) is 179 Å². The largest absolute Gasteiger partial charge is 0.311 e. The van der Waals surface area contributed by atoms with Crippen LogP contribution in [0.2, 0.25) is 0 Å². The molecular formula is C79H83BN2. The molecule has 0 amide bonds. The monoisotopic (exact) mass is 1070 g/mol. The van der Waals surface area contributed by atoms with Crippen LogP contribution in [0.3, 0.4) is 0 Å². The molecule has 2 aliphatic heterocycles. The Hall–Kier alpha value is -7.36. The van der Waals surface area contributed by atoms with Gasteiger partial charge in [-0.1, -0.05) is 243 Å². The fourth-order valence-corrected chi connectivity index (χ4v) is 15.0. The summed E-state index contributed by atoms with van der Waals surface area (Å²) in [5, 5.41) is 0. The lowest BCUT2D eigenvalue weighted by Crippen LogP contribution is -2.62. The average molecular weight is 1070 g/mol. The van der Waals surface area contributed by atoms with Crippen molar-refractivity contribution in [1.29, 1.82) is 0 Å². The van der Waals surface area contributed by atoms with Crippen molar-refractivity contribution in [3.8, 4) is 22.3 Å². The molecule has 0 radical (unpaired) electrons. The minimum Gasteiger partial charge on any atom is -0.311 e. The Kier molecular flexibility index (Phi) is 12.6. The first-order chi connectivity index (χ1) is 39.0. The van der Waals surface area contributed by atoms with E-state index in [1.807, 2.05) is 0 Å². The summed E-state index contributed by atoms with van der Waals surface area (Å²) < 4.78 is 0. The van der Waals surface area contributed by atoms with Crippen LogP contribution in [0, 0.1) is 0 Å². The summed E-state index contributed by atoms with van der Waals surface area (Å²) in [5.74, 6) is 0.248. The second kappa shape index (κ2) is 19.1. The maximum absolute atomic E-state index is 2.76. The van der Waals surface area contributed by atoms with Gasteiger partial charge in [0, 0.05) is 50.4 Å². The predicted molar refractivity (Wildman–Crippen MR) is 353 cm³/mol. The van der Waals surface area contributed by atoms with Gasteiger partial charge in [0.05, 0.1) is 5.69 Å². The van der Waals surface area contributed by atoms with Gasteiger partial charge in [0.2, 0.25) is 0 Å². The van der Waals surface area contributed by atoms with Gasteiger partial charge in [-0.15, -0.1) is 0 Å². The number of hydrogen-bond donors (Lipinski definition) is 0. The van der Waals surface area contributed by atoms with E-state index in [9.17, 15) is 0 Å². The standard InChI is InChI=1S/C79H83BN2/c1-51(2)54-43-70-72-71(44-54)82(73-60(52-27-19-15-20-28-52)45-58(46-61(73)53-29-21-16-22-30-53)79(13,14)56-33-25-18-26-34-56)68-47-57(78(11,12)55-31-23-17-24-32-55)35-38-66(68)80(72)67-49-64-65(77(9,10)42-41-76(64,7)8)50-69(67)81(70)59-36-37-62-63(48-59)75(5,6)40-39-74(62,3)4/h15-38,43-51H,39-42H2,1-14H3. The highest BCUT2D eigenvalue weighted by Crippen LogP contribution is 2.56. The van der Waals surface area contributed by atoms with Crippen LogP contribution in [0.4, 0.5) is 34.1 Å². The molecule has 0 aromatic heterocycles. The molecule has 4 aliphatic rings. The van der Waals surface area contributed by atoms with E-state index >= 15 is 0 Å². The van der Waals surface area contributed by atoms with Gasteiger partial charge in [0.15, 0.2) is 0 Å². The van der Waals surface area contributed by atoms with Gasteiger partial charge in [-0.3, -0.25) is 0 Å². The van der Waals surface area contributed by atoms with E-state index in [1.54, 1.807) is 0 Å². The van der Waals surface area contributed by atoms with E-state index in [0.29, 0.717) is 0 Å². The number of anilines is 6. The van der Waals surface area contributed by atoms with E-state index in [1.165, 1.54) is 129 Å². The fraction of sp³-hybridized carbons (Fsp3) is 0.316. The van der Waals surface area contributed by atoms with Crippen molar-refractivity contribution in [2.45, 2.75) is 161 Å². The summed E-state index contributed by atoms with van der Waals surface area (Å²) in [6, 6.07) is 75.7. The molecule has 2 heterocycles. The van der Waals surface area contributed by atoms with Gasteiger partial charge < -0.3 is 9.80 Å². The van der Waals surface area contributed by atoms with Crippen LogP contribution in [0.25, 0.3) is 22.3 Å². The van der Waals surface area contributed by atoms with Crippen LogP contribution in [-0.4, -0.2) is 6.71 Å².